The minimum atomic E-state index is -0.205. The van der Waals surface area contributed by atoms with E-state index in [2.05, 4.69) is 65.2 Å². The van der Waals surface area contributed by atoms with Crippen molar-refractivity contribution in [1.29, 1.82) is 0 Å². The van der Waals surface area contributed by atoms with Gasteiger partial charge in [0.05, 0.1) is 6.61 Å². The quantitative estimate of drug-likeness (QED) is 0.283. The highest BCUT2D eigenvalue weighted by molar-refractivity contribution is 5.69. The molecule has 2 heterocycles. The third kappa shape index (κ3) is 8.14. The van der Waals surface area contributed by atoms with Gasteiger partial charge >= 0.3 is 12.0 Å². The van der Waals surface area contributed by atoms with Crippen LogP contribution in [0, 0.1) is 0 Å². The molecule has 0 atom stereocenters. The first kappa shape index (κ1) is 23.9. The number of piperidine rings is 1. The molecule has 1 fully saturated rings. The Morgan fingerprint density at radius 3 is 2.50 bits per heavy atom. The van der Waals surface area contributed by atoms with Crippen LogP contribution in [0.25, 0.3) is 0 Å². The number of rotatable bonds is 11. The summed E-state index contributed by atoms with van der Waals surface area (Å²) < 4.78 is 10.5. The highest BCUT2D eigenvalue weighted by atomic mass is 16.5. The van der Waals surface area contributed by atoms with Crippen molar-refractivity contribution in [3.8, 4) is 6.01 Å². The standard InChI is InChI=1S/C21H36N6O3/c1-7-12-30-19-25-17(22-11-9-10-16(28)29-8-2)24-18(26-19)23-15-13-20(3,4)27-21(5,6)14-15/h7,15,27H,1,8-14H2,2-6H3,(H2,22,23,24,25,26). The Bertz CT molecular complexity index is 707. The third-order valence-electron chi connectivity index (χ3n) is 4.61. The maximum atomic E-state index is 11.5. The van der Waals surface area contributed by atoms with Gasteiger partial charge in [0.25, 0.3) is 0 Å². The molecule has 9 heteroatoms. The van der Waals surface area contributed by atoms with Gasteiger partial charge in [-0.1, -0.05) is 12.7 Å². The van der Waals surface area contributed by atoms with Crippen LogP contribution in [0.5, 0.6) is 6.01 Å². The zero-order valence-electron chi connectivity index (χ0n) is 18.9. The molecule has 2 rings (SSSR count). The summed E-state index contributed by atoms with van der Waals surface area (Å²) in [4.78, 5) is 24.7. The van der Waals surface area contributed by atoms with Crippen molar-refractivity contribution >= 4 is 17.9 Å². The molecular formula is C21H36N6O3. The fourth-order valence-corrected chi connectivity index (χ4v) is 3.97. The van der Waals surface area contributed by atoms with Gasteiger partial charge < -0.3 is 25.4 Å². The molecule has 0 amide bonds. The average Bonchev–Trinajstić information content (AvgIpc) is 2.61. The molecule has 3 N–H and O–H groups in total. The Morgan fingerprint density at radius 1 is 1.20 bits per heavy atom. The second kappa shape index (κ2) is 10.6. The van der Waals surface area contributed by atoms with Crippen molar-refractivity contribution < 1.29 is 14.3 Å². The molecular weight excluding hydrogens is 384 g/mol. The predicted octanol–water partition coefficient (Wildman–Crippen LogP) is 2.91. The number of ether oxygens (including phenoxy) is 2. The lowest BCUT2D eigenvalue weighted by atomic mass is 9.80. The van der Waals surface area contributed by atoms with Gasteiger partial charge in [0.2, 0.25) is 11.9 Å². The number of carbonyl (C=O) groups is 1. The SMILES string of the molecule is C=CCOc1nc(NCCCC(=O)OCC)nc(NC2CC(C)(C)NC(C)(C)C2)n1. The van der Waals surface area contributed by atoms with E-state index < -0.39 is 0 Å². The summed E-state index contributed by atoms with van der Waals surface area (Å²) in [5.41, 5.74) is 0.00554. The summed E-state index contributed by atoms with van der Waals surface area (Å²) in [6, 6.07) is 0.440. The zero-order valence-corrected chi connectivity index (χ0v) is 18.9. The monoisotopic (exact) mass is 420 g/mol. The second-order valence-corrected chi connectivity index (χ2v) is 8.84. The number of hydrogen-bond donors (Lipinski definition) is 3. The van der Waals surface area contributed by atoms with Gasteiger partial charge in [0, 0.05) is 30.1 Å². The predicted molar refractivity (Wildman–Crippen MR) is 118 cm³/mol. The average molecular weight is 421 g/mol. The van der Waals surface area contributed by atoms with E-state index in [4.69, 9.17) is 9.47 Å². The van der Waals surface area contributed by atoms with Gasteiger partial charge in [-0.25, -0.2) is 0 Å². The molecule has 0 bridgehead atoms. The van der Waals surface area contributed by atoms with E-state index in [-0.39, 0.29) is 29.1 Å². The van der Waals surface area contributed by atoms with Crippen molar-refractivity contribution in [3.05, 3.63) is 12.7 Å². The smallest absolute Gasteiger partial charge is 0.323 e. The lowest BCUT2D eigenvalue weighted by Gasteiger charge is -2.46. The van der Waals surface area contributed by atoms with E-state index in [1.54, 1.807) is 13.0 Å². The van der Waals surface area contributed by atoms with Crippen LogP contribution in [-0.4, -0.2) is 57.8 Å². The summed E-state index contributed by atoms with van der Waals surface area (Å²) in [5.74, 6) is 0.668. The topological polar surface area (TPSA) is 110 Å². The molecule has 0 saturated carbocycles. The Kier molecular flexibility index (Phi) is 8.40. The summed E-state index contributed by atoms with van der Waals surface area (Å²) in [6.07, 6.45) is 4.48. The van der Waals surface area contributed by atoms with Gasteiger partial charge in [0.1, 0.15) is 6.61 Å². The Morgan fingerprint density at radius 2 is 1.87 bits per heavy atom. The van der Waals surface area contributed by atoms with E-state index in [1.165, 1.54) is 0 Å². The van der Waals surface area contributed by atoms with Crippen LogP contribution in [0.3, 0.4) is 0 Å². The molecule has 0 spiro atoms. The molecule has 9 nitrogen and oxygen atoms in total. The van der Waals surface area contributed by atoms with Crippen molar-refractivity contribution in [3.63, 3.8) is 0 Å². The van der Waals surface area contributed by atoms with Crippen LogP contribution in [0.2, 0.25) is 0 Å². The molecule has 0 radical (unpaired) electrons. The maximum absolute atomic E-state index is 11.5. The van der Waals surface area contributed by atoms with E-state index in [0.29, 0.717) is 44.5 Å². The van der Waals surface area contributed by atoms with Crippen LogP contribution in [-0.2, 0) is 9.53 Å². The first-order valence-electron chi connectivity index (χ1n) is 10.6. The van der Waals surface area contributed by atoms with Crippen molar-refractivity contribution in [1.82, 2.24) is 20.3 Å². The van der Waals surface area contributed by atoms with Crippen LogP contribution < -0.4 is 20.7 Å². The highest BCUT2D eigenvalue weighted by Gasteiger charge is 2.37. The molecule has 1 aliphatic rings. The molecule has 0 unspecified atom stereocenters. The highest BCUT2D eigenvalue weighted by Crippen LogP contribution is 2.30. The molecule has 1 aromatic heterocycles. The summed E-state index contributed by atoms with van der Waals surface area (Å²) in [7, 11) is 0. The number of aromatic nitrogens is 3. The van der Waals surface area contributed by atoms with E-state index >= 15 is 0 Å². The normalized spacial score (nSPS) is 17.8. The summed E-state index contributed by atoms with van der Waals surface area (Å²) in [5, 5.41) is 10.3. The first-order valence-corrected chi connectivity index (χ1v) is 10.6. The van der Waals surface area contributed by atoms with Crippen LogP contribution in [0.15, 0.2) is 12.7 Å². The van der Waals surface area contributed by atoms with E-state index in [9.17, 15) is 4.79 Å². The fraction of sp³-hybridized carbons (Fsp3) is 0.714. The van der Waals surface area contributed by atoms with Crippen molar-refractivity contribution in [2.45, 2.75) is 77.4 Å². The number of anilines is 2. The molecule has 0 aromatic carbocycles. The minimum absolute atomic E-state index is 0.00277. The van der Waals surface area contributed by atoms with Crippen LogP contribution >= 0.6 is 0 Å². The van der Waals surface area contributed by atoms with Gasteiger partial charge in [-0.15, -0.1) is 0 Å². The van der Waals surface area contributed by atoms with Gasteiger partial charge in [-0.3, -0.25) is 4.79 Å². The van der Waals surface area contributed by atoms with Crippen LogP contribution in [0.4, 0.5) is 11.9 Å². The number of carbonyl (C=O) groups excluding carboxylic acids is 1. The molecule has 1 aliphatic heterocycles. The fourth-order valence-electron chi connectivity index (χ4n) is 3.97. The minimum Gasteiger partial charge on any atom is -0.466 e. The Labute approximate surface area is 179 Å². The van der Waals surface area contributed by atoms with Gasteiger partial charge in [-0.05, 0) is 53.9 Å². The van der Waals surface area contributed by atoms with Crippen molar-refractivity contribution in [2.75, 3.05) is 30.4 Å². The van der Waals surface area contributed by atoms with Gasteiger partial charge in [0.15, 0.2) is 0 Å². The maximum Gasteiger partial charge on any atom is 0.323 e. The number of nitrogens with zero attached hydrogens (tertiary/aromatic N) is 3. The number of esters is 1. The summed E-state index contributed by atoms with van der Waals surface area (Å²) >= 11 is 0. The molecule has 0 aliphatic carbocycles. The zero-order chi connectivity index (χ0) is 22.2. The lowest BCUT2D eigenvalue weighted by Crippen LogP contribution is -2.60. The number of nitrogens with one attached hydrogen (secondary N) is 3. The van der Waals surface area contributed by atoms with E-state index in [0.717, 1.165) is 12.8 Å². The molecule has 1 saturated heterocycles. The number of hydrogen-bond acceptors (Lipinski definition) is 9. The third-order valence-corrected chi connectivity index (χ3v) is 4.61. The van der Waals surface area contributed by atoms with E-state index in [1.807, 2.05) is 0 Å². The lowest BCUT2D eigenvalue weighted by molar-refractivity contribution is -0.143. The molecule has 168 valence electrons. The largest absolute Gasteiger partial charge is 0.466 e. The second-order valence-electron chi connectivity index (χ2n) is 8.84. The Hall–Kier alpha value is -2.42. The molecule has 30 heavy (non-hydrogen) atoms. The van der Waals surface area contributed by atoms with Crippen molar-refractivity contribution in [2.24, 2.45) is 0 Å². The first-order chi connectivity index (χ1) is 14.1. The summed E-state index contributed by atoms with van der Waals surface area (Å²) in [6.45, 7) is 15.5. The van der Waals surface area contributed by atoms with Gasteiger partial charge in [-0.2, -0.15) is 15.0 Å². The molecule has 1 aromatic rings. The van der Waals surface area contributed by atoms with Crippen LogP contribution in [0.1, 0.15) is 60.3 Å². The Balaban J connectivity index is 2.05.